The van der Waals surface area contributed by atoms with Gasteiger partial charge in [-0.05, 0) is 68.0 Å². The van der Waals surface area contributed by atoms with E-state index >= 15 is 0 Å². The van der Waals surface area contributed by atoms with Crippen molar-refractivity contribution in [2.75, 3.05) is 6.54 Å². The van der Waals surface area contributed by atoms with Crippen molar-refractivity contribution in [3.05, 3.63) is 93.8 Å². The van der Waals surface area contributed by atoms with Crippen LogP contribution in [0.2, 0.25) is 0 Å². The quantitative estimate of drug-likeness (QED) is 0.588. The Morgan fingerprint density at radius 1 is 1.14 bits per heavy atom. The third-order valence-electron chi connectivity index (χ3n) is 9.40. The molecule has 1 amide bonds. The molecule has 0 radical (unpaired) electrons. The molecule has 3 unspecified atom stereocenters. The summed E-state index contributed by atoms with van der Waals surface area (Å²) < 4.78 is 2.15. The Hall–Kier alpha value is -2.89. The smallest absolute Gasteiger partial charge is 0.271 e. The van der Waals surface area contributed by atoms with E-state index in [0.717, 1.165) is 48.2 Å². The lowest BCUT2D eigenvalue weighted by Crippen LogP contribution is -2.73. The number of amides is 1. The van der Waals surface area contributed by atoms with Crippen LogP contribution in [0.15, 0.2) is 54.6 Å². The summed E-state index contributed by atoms with van der Waals surface area (Å²) in [5.74, 6) is 0.0669. The van der Waals surface area contributed by atoms with Gasteiger partial charge in [-0.3, -0.25) is 4.79 Å². The van der Waals surface area contributed by atoms with Gasteiger partial charge in [-0.25, -0.2) is 0 Å². The van der Waals surface area contributed by atoms with Crippen LogP contribution in [0.4, 0.5) is 0 Å². The topological polar surface area (TPSA) is 57.5 Å². The zero-order valence-electron chi connectivity index (χ0n) is 21.8. The summed E-state index contributed by atoms with van der Waals surface area (Å²) in [5.41, 5.74) is 6.75. The maximum atomic E-state index is 14.1. The van der Waals surface area contributed by atoms with Crippen LogP contribution >= 0.6 is 0 Å². The molecule has 188 valence electrons. The maximum absolute atomic E-state index is 14.1. The summed E-state index contributed by atoms with van der Waals surface area (Å²) in [5, 5.41) is 16.1. The molecule has 6 rings (SSSR count). The molecule has 2 aromatic carbocycles. The lowest BCUT2D eigenvalue weighted by Gasteiger charge is -2.61. The number of aliphatic hydroxyl groups is 1. The van der Waals surface area contributed by atoms with Crippen molar-refractivity contribution in [3.8, 4) is 0 Å². The van der Waals surface area contributed by atoms with Gasteiger partial charge in [0.15, 0.2) is 0 Å². The van der Waals surface area contributed by atoms with Gasteiger partial charge in [-0.15, -0.1) is 0 Å². The molecule has 0 spiro atoms. The number of fused-ring (bicyclic) bond motifs is 2. The number of benzene rings is 2. The van der Waals surface area contributed by atoms with Crippen molar-refractivity contribution in [1.82, 2.24) is 14.8 Å². The first-order valence-electron chi connectivity index (χ1n) is 13.3. The van der Waals surface area contributed by atoms with E-state index in [1.54, 1.807) is 0 Å². The number of nitrogens with one attached hydrogen (secondary N) is 1. The highest BCUT2D eigenvalue weighted by Crippen LogP contribution is 2.55. The Morgan fingerprint density at radius 3 is 2.61 bits per heavy atom. The highest BCUT2D eigenvalue weighted by atomic mass is 16.3. The number of piperidine rings is 1. The average molecular weight is 484 g/mol. The molecule has 1 aliphatic heterocycles. The fourth-order valence-corrected chi connectivity index (χ4v) is 7.47. The van der Waals surface area contributed by atoms with E-state index in [0.29, 0.717) is 13.0 Å². The van der Waals surface area contributed by atoms with Crippen LogP contribution in [0.1, 0.15) is 64.3 Å². The Kier molecular flexibility index (Phi) is 5.43. The first-order valence-corrected chi connectivity index (χ1v) is 13.3. The van der Waals surface area contributed by atoms with Crippen LogP contribution in [0, 0.1) is 6.92 Å². The van der Waals surface area contributed by atoms with Crippen LogP contribution in [-0.4, -0.2) is 44.7 Å². The third kappa shape index (κ3) is 3.18. The Labute approximate surface area is 214 Å². The Bertz CT molecular complexity index is 1330. The minimum atomic E-state index is -0.860. The molecular weight excluding hydrogens is 446 g/mol. The van der Waals surface area contributed by atoms with Crippen molar-refractivity contribution >= 4 is 5.91 Å². The van der Waals surface area contributed by atoms with E-state index in [4.69, 9.17) is 0 Å². The predicted octanol–water partition coefficient (Wildman–Crippen LogP) is 4.07. The van der Waals surface area contributed by atoms with Gasteiger partial charge in [0.2, 0.25) is 0 Å². The molecule has 2 heterocycles. The van der Waals surface area contributed by atoms with Crippen molar-refractivity contribution < 1.29 is 9.90 Å². The first-order chi connectivity index (χ1) is 17.3. The van der Waals surface area contributed by atoms with E-state index in [-0.39, 0.29) is 23.4 Å². The number of carbonyl (C=O) groups excluding carboxylic acids is 1. The maximum Gasteiger partial charge on any atom is 0.271 e. The molecular formula is C31H37N3O2. The minimum Gasteiger partial charge on any atom is -0.387 e. The van der Waals surface area contributed by atoms with Gasteiger partial charge >= 0.3 is 0 Å². The van der Waals surface area contributed by atoms with Crippen molar-refractivity contribution in [2.24, 2.45) is 7.05 Å². The average Bonchev–Trinajstić information content (AvgIpc) is 3.09. The molecule has 1 fully saturated rings. The molecule has 0 saturated carbocycles. The normalized spacial score (nSPS) is 26.2. The second-order valence-corrected chi connectivity index (χ2v) is 11.4. The molecule has 36 heavy (non-hydrogen) atoms. The largest absolute Gasteiger partial charge is 0.387 e. The minimum absolute atomic E-state index is 0.0262. The van der Waals surface area contributed by atoms with Crippen molar-refractivity contribution in [2.45, 2.75) is 76.1 Å². The van der Waals surface area contributed by atoms with Crippen LogP contribution in [0.5, 0.6) is 0 Å². The summed E-state index contributed by atoms with van der Waals surface area (Å²) in [6.07, 6.45) is 3.09. The molecule has 2 aliphatic carbocycles. The number of hydrogen-bond acceptors (Lipinski definition) is 3. The lowest BCUT2D eigenvalue weighted by atomic mass is 9.50. The third-order valence-corrected chi connectivity index (χ3v) is 9.40. The van der Waals surface area contributed by atoms with Gasteiger partial charge in [0.1, 0.15) is 5.69 Å². The molecule has 3 aliphatic rings. The molecule has 2 bridgehead atoms. The van der Waals surface area contributed by atoms with Gasteiger partial charge in [-0.2, -0.15) is 0 Å². The van der Waals surface area contributed by atoms with Gasteiger partial charge in [0, 0.05) is 49.6 Å². The number of nitrogens with zero attached hydrogens (tertiary/aromatic N) is 2. The predicted molar refractivity (Wildman–Crippen MR) is 142 cm³/mol. The highest BCUT2D eigenvalue weighted by molar-refractivity contribution is 5.95. The van der Waals surface area contributed by atoms with Crippen LogP contribution in [0.3, 0.4) is 0 Å². The van der Waals surface area contributed by atoms with E-state index < -0.39 is 5.60 Å². The first kappa shape index (κ1) is 23.5. The van der Waals surface area contributed by atoms with Crippen molar-refractivity contribution in [1.29, 1.82) is 0 Å². The molecule has 5 heteroatoms. The lowest BCUT2D eigenvalue weighted by molar-refractivity contribution is -0.106. The van der Waals surface area contributed by atoms with Gasteiger partial charge in [0.05, 0.1) is 5.60 Å². The van der Waals surface area contributed by atoms with Crippen LogP contribution in [0.25, 0.3) is 0 Å². The van der Waals surface area contributed by atoms with Crippen LogP contribution in [-0.2, 0) is 38.3 Å². The number of carbonyl (C=O) groups is 1. The number of hydrogen-bond donors (Lipinski definition) is 2. The molecule has 3 aromatic rings. The monoisotopic (exact) mass is 483 g/mol. The number of aromatic nitrogens is 1. The second-order valence-electron chi connectivity index (χ2n) is 11.4. The standard InChI is InChI=1S/C31H37N3O2/c1-20(2)34(19-22-10-6-5-7-11-22)29(35)28-21(3)24-17-31(36)27-16-23-12-8-9-13-25(23)30(31,14-15-32-27)18-26(24)33(28)4/h5-13,20,27,32,36H,14-19H2,1-4H3. The molecule has 2 N–H and O–H groups in total. The molecule has 1 saturated heterocycles. The SMILES string of the molecule is Cc1c2c(n(C)c1C(=O)N(Cc1ccccc1)C(C)C)CC13CCNC(Cc4ccccc41)C3(O)C2. The zero-order chi connectivity index (χ0) is 25.2. The van der Waals surface area contributed by atoms with Gasteiger partial charge in [-0.1, -0.05) is 54.6 Å². The van der Waals surface area contributed by atoms with Gasteiger partial charge in [0.25, 0.3) is 5.91 Å². The fourth-order valence-electron chi connectivity index (χ4n) is 7.47. The van der Waals surface area contributed by atoms with Gasteiger partial charge < -0.3 is 19.9 Å². The molecule has 3 atom stereocenters. The summed E-state index contributed by atoms with van der Waals surface area (Å²) in [4.78, 5) is 16.1. The summed E-state index contributed by atoms with van der Waals surface area (Å²) in [7, 11) is 2.05. The zero-order valence-corrected chi connectivity index (χ0v) is 21.8. The summed E-state index contributed by atoms with van der Waals surface area (Å²) >= 11 is 0. The second kappa shape index (κ2) is 8.32. The van der Waals surface area contributed by atoms with E-state index in [9.17, 15) is 9.90 Å². The van der Waals surface area contributed by atoms with Crippen molar-refractivity contribution in [3.63, 3.8) is 0 Å². The van der Waals surface area contributed by atoms with E-state index in [2.05, 4.69) is 67.1 Å². The van der Waals surface area contributed by atoms with Crippen LogP contribution < -0.4 is 5.32 Å². The Morgan fingerprint density at radius 2 is 1.86 bits per heavy atom. The highest BCUT2D eigenvalue weighted by Gasteiger charge is 2.63. The molecule has 1 aromatic heterocycles. The van der Waals surface area contributed by atoms with E-state index in [1.807, 2.05) is 30.1 Å². The fraction of sp³-hybridized carbons (Fsp3) is 0.452. The number of rotatable bonds is 4. The summed E-state index contributed by atoms with van der Waals surface area (Å²) in [6.45, 7) is 7.74. The molecule has 5 nitrogen and oxygen atoms in total. The Balaban J connectivity index is 1.45. The summed E-state index contributed by atoms with van der Waals surface area (Å²) in [6, 6.07) is 19.0. The van der Waals surface area contributed by atoms with E-state index in [1.165, 1.54) is 16.8 Å².